The van der Waals surface area contributed by atoms with E-state index in [1.54, 1.807) is 13.2 Å². The molecule has 0 fully saturated rings. The molecule has 0 saturated heterocycles. The van der Waals surface area contributed by atoms with Crippen LogP contribution in [0.15, 0.2) is 12.1 Å². The standard InChI is InChI=1S/C11H14F2N2O3S/c1-7(19(2)18)3-4-14-10-6-8(12)5-9(13)11(10)15(16)17/h5-7,14H,3-4H2,1-2H3. The topological polar surface area (TPSA) is 72.2 Å². The third kappa shape index (κ3) is 4.23. The fourth-order valence-corrected chi connectivity index (χ4v) is 1.91. The largest absolute Gasteiger partial charge is 0.379 e. The lowest BCUT2D eigenvalue weighted by atomic mass is 10.2. The summed E-state index contributed by atoms with van der Waals surface area (Å²) in [6, 6.07) is 1.34. The second-order valence-electron chi connectivity index (χ2n) is 4.07. The fraction of sp³-hybridized carbons (Fsp3) is 0.455. The first-order valence-corrected chi connectivity index (χ1v) is 7.14. The average molecular weight is 292 g/mol. The smallest absolute Gasteiger partial charge is 0.327 e. The van der Waals surface area contributed by atoms with Gasteiger partial charge in [0.05, 0.1) is 4.92 Å². The summed E-state index contributed by atoms with van der Waals surface area (Å²) in [6.07, 6.45) is 2.02. The SMILES string of the molecule is CC(CCNc1cc(F)cc(F)c1[N+](=O)[O-])S(C)=O. The van der Waals surface area contributed by atoms with E-state index in [4.69, 9.17) is 0 Å². The van der Waals surface area contributed by atoms with Crippen molar-refractivity contribution in [3.05, 3.63) is 33.9 Å². The van der Waals surface area contributed by atoms with Crippen LogP contribution in [-0.2, 0) is 10.8 Å². The molecule has 8 heteroatoms. The van der Waals surface area contributed by atoms with E-state index in [1.807, 2.05) is 0 Å². The summed E-state index contributed by atoms with van der Waals surface area (Å²) in [5.74, 6) is -2.11. The summed E-state index contributed by atoms with van der Waals surface area (Å²) in [6.45, 7) is 2.00. The highest BCUT2D eigenvalue weighted by Gasteiger charge is 2.21. The maximum atomic E-state index is 13.3. The Morgan fingerprint density at radius 1 is 1.47 bits per heavy atom. The molecular weight excluding hydrogens is 278 g/mol. The van der Waals surface area contributed by atoms with Crippen molar-refractivity contribution in [2.24, 2.45) is 0 Å². The van der Waals surface area contributed by atoms with Gasteiger partial charge in [-0.1, -0.05) is 6.92 Å². The summed E-state index contributed by atoms with van der Waals surface area (Å²) in [4.78, 5) is 9.81. The number of rotatable bonds is 6. The fourth-order valence-electron chi connectivity index (χ4n) is 1.46. The first-order valence-electron chi connectivity index (χ1n) is 5.52. The molecule has 1 aromatic rings. The number of halogens is 2. The Labute approximate surface area is 111 Å². The highest BCUT2D eigenvalue weighted by atomic mass is 32.2. The zero-order valence-electron chi connectivity index (χ0n) is 10.5. The van der Waals surface area contributed by atoms with Crippen molar-refractivity contribution < 1.29 is 17.9 Å². The van der Waals surface area contributed by atoms with E-state index in [9.17, 15) is 23.1 Å². The van der Waals surface area contributed by atoms with Gasteiger partial charge in [0.2, 0.25) is 5.82 Å². The number of nitrogens with one attached hydrogen (secondary N) is 1. The Bertz CT molecular complexity index is 511. The van der Waals surface area contributed by atoms with E-state index in [2.05, 4.69) is 5.32 Å². The van der Waals surface area contributed by atoms with E-state index in [1.165, 1.54) is 0 Å². The Hall–Kier alpha value is -1.57. The van der Waals surface area contributed by atoms with Gasteiger partial charge in [0.25, 0.3) is 0 Å². The molecule has 1 aromatic carbocycles. The zero-order valence-corrected chi connectivity index (χ0v) is 11.3. The maximum Gasteiger partial charge on any atom is 0.327 e. The molecule has 0 radical (unpaired) electrons. The van der Waals surface area contributed by atoms with E-state index in [0.29, 0.717) is 12.5 Å². The van der Waals surface area contributed by atoms with Gasteiger partial charge in [-0.2, -0.15) is 4.39 Å². The molecule has 19 heavy (non-hydrogen) atoms. The average Bonchev–Trinajstić information content (AvgIpc) is 2.26. The molecule has 1 N–H and O–H groups in total. The van der Waals surface area contributed by atoms with Gasteiger partial charge in [-0.25, -0.2) is 4.39 Å². The Kier molecular flexibility index (Phi) is 5.34. The summed E-state index contributed by atoms with van der Waals surface area (Å²) >= 11 is 0. The van der Waals surface area contributed by atoms with E-state index in [0.717, 1.165) is 6.07 Å². The van der Waals surface area contributed by atoms with Gasteiger partial charge in [0.15, 0.2) is 0 Å². The van der Waals surface area contributed by atoms with Crippen LogP contribution in [-0.4, -0.2) is 27.2 Å². The van der Waals surface area contributed by atoms with Crippen molar-refractivity contribution in [1.82, 2.24) is 0 Å². The minimum absolute atomic E-state index is 0.107. The second kappa shape index (κ2) is 6.55. The van der Waals surface area contributed by atoms with Crippen LogP contribution in [0.2, 0.25) is 0 Å². The van der Waals surface area contributed by atoms with Crippen LogP contribution >= 0.6 is 0 Å². The van der Waals surface area contributed by atoms with Crippen molar-refractivity contribution in [2.75, 3.05) is 18.1 Å². The van der Waals surface area contributed by atoms with Crippen molar-refractivity contribution in [3.8, 4) is 0 Å². The number of anilines is 1. The molecule has 0 aliphatic heterocycles. The minimum Gasteiger partial charge on any atom is -0.379 e. The number of benzene rings is 1. The lowest BCUT2D eigenvalue weighted by molar-refractivity contribution is -0.386. The number of nitro groups is 1. The van der Waals surface area contributed by atoms with Crippen molar-refractivity contribution in [2.45, 2.75) is 18.6 Å². The van der Waals surface area contributed by atoms with Crippen LogP contribution in [0.4, 0.5) is 20.2 Å². The quantitative estimate of drug-likeness (QED) is 0.645. The van der Waals surface area contributed by atoms with Gasteiger partial charge < -0.3 is 5.32 Å². The predicted octanol–water partition coefficient (Wildman–Crippen LogP) is 2.44. The van der Waals surface area contributed by atoms with Crippen LogP contribution < -0.4 is 5.32 Å². The monoisotopic (exact) mass is 292 g/mol. The second-order valence-corrected chi connectivity index (χ2v) is 5.87. The molecule has 2 atom stereocenters. The molecule has 0 saturated carbocycles. The van der Waals surface area contributed by atoms with Gasteiger partial charge in [0.1, 0.15) is 11.5 Å². The summed E-state index contributed by atoms with van der Waals surface area (Å²) in [7, 11) is -1.01. The summed E-state index contributed by atoms with van der Waals surface area (Å²) in [5.41, 5.74) is -0.997. The van der Waals surface area contributed by atoms with Crippen LogP contribution in [0.5, 0.6) is 0 Å². The Morgan fingerprint density at radius 3 is 2.63 bits per heavy atom. The summed E-state index contributed by atoms with van der Waals surface area (Å²) < 4.78 is 37.5. The lowest BCUT2D eigenvalue weighted by Gasteiger charge is -2.10. The first kappa shape index (κ1) is 15.5. The van der Waals surface area contributed by atoms with Crippen LogP contribution in [0.1, 0.15) is 13.3 Å². The zero-order chi connectivity index (χ0) is 14.6. The predicted molar refractivity (Wildman–Crippen MR) is 69.6 cm³/mol. The Balaban J connectivity index is 2.83. The molecular formula is C11H14F2N2O3S. The number of hydrogen-bond donors (Lipinski definition) is 1. The van der Waals surface area contributed by atoms with E-state index >= 15 is 0 Å². The molecule has 0 aliphatic rings. The molecule has 5 nitrogen and oxygen atoms in total. The van der Waals surface area contributed by atoms with Crippen molar-refractivity contribution in [1.29, 1.82) is 0 Å². The van der Waals surface area contributed by atoms with Crippen molar-refractivity contribution >= 4 is 22.2 Å². The number of nitrogens with zero attached hydrogens (tertiary/aromatic N) is 1. The van der Waals surface area contributed by atoms with Gasteiger partial charge >= 0.3 is 5.69 Å². The first-order chi connectivity index (χ1) is 8.82. The van der Waals surface area contributed by atoms with Crippen LogP contribution in [0.3, 0.4) is 0 Å². The molecule has 0 aromatic heterocycles. The van der Waals surface area contributed by atoms with Gasteiger partial charge in [-0.05, 0) is 6.42 Å². The molecule has 1 rings (SSSR count). The minimum atomic E-state index is -1.22. The maximum absolute atomic E-state index is 13.3. The van der Waals surface area contributed by atoms with Gasteiger partial charge in [0, 0.05) is 41.0 Å². The van der Waals surface area contributed by atoms with E-state index in [-0.39, 0.29) is 17.5 Å². The molecule has 2 unspecified atom stereocenters. The third-order valence-corrected chi connectivity index (χ3v) is 4.01. The van der Waals surface area contributed by atoms with Crippen molar-refractivity contribution in [3.63, 3.8) is 0 Å². The molecule has 0 aliphatic carbocycles. The van der Waals surface area contributed by atoms with Crippen LogP contribution in [0, 0.1) is 21.7 Å². The molecule has 0 bridgehead atoms. The summed E-state index contributed by atoms with van der Waals surface area (Å²) in [5, 5.41) is 13.2. The van der Waals surface area contributed by atoms with Gasteiger partial charge in [-0.3, -0.25) is 14.3 Å². The van der Waals surface area contributed by atoms with E-state index < -0.39 is 33.0 Å². The number of hydrogen-bond acceptors (Lipinski definition) is 4. The molecule has 0 heterocycles. The lowest BCUT2D eigenvalue weighted by Crippen LogP contribution is -2.15. The molecule has 0 spiro atoms. The number of nitro benzene ring substituents is 1. The third-order valence-electron chi connectivity index (χ3n) is 2.64. The highest BCUT2D eigenvalue weighted by molar-refractivity contribution is 7.84. The van der Waals surface area contributed by atoms with Gasteiger partial charge in [-0.15, -0.1) is 0 Å². The normalized spacial score (nSPS) is 13.9. The van der Waals surface area contributed by atoms with Crippen LogP contribution in [0.25, 0.3) is 0 Å². The highest BCUT2D eigenvalue weighted by Crippen LogP contribution is 2.28. The molecule has 106 valence electrons. The molecule has 0 amide bonds. The Morgan fingerprint density at radius 2 is 2.11 bits per heavy atom.